The fraction of sp³-hybridized carbons (Fsp3) is 0.500. The van der Waals surface area contributed by atoms with E-state index in [0.29, 0.717) is 18.7 Å². The molecule has 2 unspecified atom stereocenters. The lowest BCUT2D eigenvalue weighted by molar-refractivity contribution is 0.395. The maximum absolute atomic E-state index is 13.0. The number of benzene rings is 1. The van der Waals surface area contributed by atoms with E-state index in [0.717, 1.165) is 18.6 Å². The molecule has 0 saturated carbocycles. The highest BCUT2D eigenvalue weighted by molar-refractivity contribution is 7.84. The number of hydrogen-bond donors (Lipinski definition) is 2. The van der Waals surface area contributed by atoms with Crippen molar-refractivity contribution >= 4 is 10.8 Å². The van der Waals surface area contributed by atoms with Gasteiger partial charge in [0.1, 0.15) is 0 Å². The molecule has 0 bridgehead atoms. The standard InChI is InChI=1S/C12H17F2NO2S/c1-8(18(2)17)3-4-15-7-9-5-10(13)12(16)11(14)6-9/h5-6,8,15-16H,3-4,7H2,1-2H3. The van der Waals surface area contributed by atoms with Crippen LogP contribution in [0.1, 0.15) is 18.9 Å². The van der Waals surface area contributed by atoms with E-state index in [2.05, 4.69) is 5.32 Å². The van der Waals surface area contributed by atoms with E-state index >= 15 is 0 Å². The molecule has 1 aromatic carbocycles. The second kappa shape index (κ2) is 6.80. The van der Waals surface area contributed by atoms with E-state index < -0.39 is 28.2 Å². The number of rotatable bonds is 6. The molecule has 6 heteroatoms. The van der Waals surface area contributed by atoms with E-state index in [9.17, 15) is 13.0 Å². The lowest BCUT2D eigenvalue weighted by atomic mass is 10.2. The average molecular weight is 277 g/mol. The summed E-state index contributed by atoms with van der Waals surface area (Å²) in [5.74, 6) is -2.88. The molecule has 0 radical (unpaired) electrons. The minimum atomic E-state index is -0.963. The second-order valence-electron chi connectivity index (χ2n) is 4.18. The highest BCUT2D eigenvalue weighted by Gasteiger charge is 2.09. The van der Waals surface area contributed by atoms with Crippen LogP contribution in [0.15, 0.2) is 12.1 Å². The van der Waals surface area contributed by atoms with Crippen LogP contribution in [0, 0.1) is 11.6 Å². The van der Waals surface area contributed by atoms with Crippen molar-refractivity contribution in [1.82, 2.24) is 5.32 Å². The normalized spacial score (nSPS) is 14.4. The summed E-state index contributed by atoms with van der Waals surface area (Å²) in [6, 6.07) is 2.18. The van der Waals surface area contributed by atoms with Crippen molar-refractivity contribution < 1.29 is 18.1 Å². The van der Waals surface area contributed by atoms with Crippen LogP contribution in [-0.4, -0.2) is 27.4 Å². The van der Waals surface area contributed by atoms with Gasteiger partial charge in [-0.15, -0.1) is 0 Å². The van der Waals surface area contributed by atoms with Crippen LogP contribution in [0.5, 0.6) is 5.75 Å². The van der Waals surface area contributed by atoms with Crippen LogP contribution in [0.3, 0.4) is 0 Å². The van der Waals surface area contributed by atoms with E-state index in [1.54, 1.807) is 6.26 Å². The third-order valence-electron chi connectivity index (χ3n) is 2.70. The molecule has 18 heavy (non-hydrogen) atoms. The Morgan fingerprint density at radius 1 is 1.39 bits per heavy atom. The number of phenolic OH excluding ortho intramolecular Hbond substituents is 1. The van der Waals surface area contributed by atoms with Crippen molar-refractivity contribution in [2.75, 3.05) is 12.8 Å². The first-order valence-electron chi connectivity index (χ1n) is 5.61. The highest BCUT2D eigenvalue weighted by atomic mass is 32.2. The van der Waals surface area contributed by atoms with Crippen molar-refractivity contribution in [2.24, 2.45) is 0 Å². The first-order chi connectivity index (χ1) is 8.41. The monoisotopic (exact) mass is 277 g/mol. The lowest BCUT2D eigenvalue weighted by Crippen LogP contribution is -2.21. The Morgan fingerprint density at radius 2 is 1.94 bits per heavy atom. The average Bonchev–Trinajstić information content (AvgIpc) is 2.31. The smallest absolute Gasteiger partial charge is 0.187 e. The van der Waals surface area contributed by atoms with Crippen molar-refractivity contribution in [3.05, 3.63) is 29.3 Å². The summed E-state index contributed by atoms with van der Waals surface area (Å²) in [5, 5.41) is 12.0. The minimum Gasteiger partial charge on any atom is -0.503 e. The molecule has 0 amide bonds. The highest BCUT2D eigenvalue weighted by Crippen LogP contribution is 2.21. The Labute approximate surface area is 108 Å². The number of aromatic hydroxyl groups is 1. The molecule has 0 aliphatic heterocycles. The molecule has 0 saturated heterocycles. The molecule has 2 N–H and O–H groups in total. The maximum Gasteiger partial charge on any atom is 0.187 e. The predicted octanol–water partition coefficient (Wildman–Crippen LogP) is 1.92. The summed E-state index contributed by atoms with van der Waals surface area (Å²) in [7, 11) is -0.862. The summed E-state index contributed by atoms with van der Waals surface area (Å²) in [4.78, 5) is 0. The van der Waals surface area contributed by atoms with Crippen LogP contribution in [0.25, 0.3) is 0 Å². The molecule has 0 aromatic heterocycles. The number of phenols is 1. The first-order valence-corrected chi connectivity index (χ1v) is 7.23. The third kappa shape index (κ3) is 4.34. The number of nitrogens with one attached hydrogen (secondary N) is 1. The summed E-state index contributed by atoms with van der Waals surface area (Å²) >= 11 is 0. The number of hydrogen-bond acceptors (Lipinski definition) is 3. The van der Waals surface area contributed by atoms with Crippen LogP contribution in [0.4, 0.5) is 8.78 Å². The van der Waals surface area contributed by atoms with Crippen molar-refractivity contribution in [3.63, 3.8) is 0 Å². The molecule has 3 nitrogen and oxygen atoms in total. The first kappa shape index (κ1) is 15.0. The molecule has 0 spiro atoms. The van der Waals surface area contributed by atoms with Gasteiger partial charge in [-0.1, -0.05) is 6.92 Å². The van der Waals surface area contributed by atoms with E-state index in [-0.39, 0.29) is 5.25 Å². The van der Waals surface area contributed by atoms with Gasteiger partial charge in [-0.05, 0) is 30.7 Å². The zero-order valence-electron chi connectivity index (χ0n) is 10.4. The summed E-state index contributed by atoms with van der Waals surface area (Å²) in [5.41, 5.74) is 0.424. The SMILES string of the molecule is CC(CCNCc1cc(F)c(O)c(F)c1)S(C)=O. The molecular formula is C12H17F2NO2S. The van der Waals surface area contributed by atoms with Crippen LogP contribution >= 0.6 is 0 Å². The van der Waals surface area contributed by atoms with Crippen LogP contribution < -0.4 is 5.32 Å². The van der Waals surface area contributed by atoms with Gasteiger partial charge in [-0.25, -0.2) is 8.78 Å². The molecule has 1 aromatic rings. The van der Waals surface area contributed by atoms with Gasteiger partial charge in [-0.2, -0.15) is 0 Å². The third-order valence-corrected chi connectivity index (χ3v) is 4.07. The van der Waals surface area contributed by atoms with Crippen LogP contribution in [-0.2, 0) is 17.3 Å². The zero-order valence-corrected chi connectivity index (χ0v) is 11.2. The minimum absolute atomic E-state index is 0.0887. The molecule has 0 heterocycles. The van der Waals surface area contributed by atoms with Crippen LogP contribution in [0.2, 0.25) is 0 Å². The Bertz CT molecular complexity index is 417. The van der Waals surface area contributed by atoms with Gasteiger partial charge in [-0.3, -0.25) is 4.21 Å². The van der Waals surface area contributed by atoms with Gasteiger partial charge in [0.2, 0.25) is 0 Å². The van der Waals surface area contributed by atoms with Gasteiger partial charge < -0.3 is 10.4 Å². The zero-order chi connectivity index (χ0) is 13.7. The molecule has 1 rings (SSSR count). The van der Waals surface area contributed by atoms with Crippen molar-refractivity contribution in [2.45, 2.75) is 25.1 Å². The largest absolute Gasteiger partial charge is 0.503 e. The maximum atomic E-state index is 13.0. The van der Waals surface area contributed by atoms with E-state index in [1.807, 2.05) is 6.92 Å². The molecule has 102 valence electrons. The quantitative estimate of drug-likeness (QED) is 0.781. The van der Waals surface area contributed by atoms with E-state index in [1.165, 1.54) is 0 Å². The van der Waals surface area contributed by atoms with Gasteiger partial charge >= 0.3 is 0 Å². The summed E-state index contributed by atoms with van der Waals surface area (Å²) in [6.07, 6.45) is 2.38. The lowest BCUT2D eigenvalue weighted by Gasteiger charge is -2.09. The Hall–Kier alpha value is -1.01. The Balaban J connectivity index is 2.43. The van der Waals surface area contributed by atoms with Crippen molar-refractivity contribution in [1.29, 1.82) is 0 Å². The molecule has 0 aliphatic rings. The summed E-state index contributed by atoms with van der Waals surface area (Å²) < 4.78 is 37.1. The molecule has 0 fully saturated rings. The fourth-order valence-corrected chi connectivity index (χ4v) is 1.87. The van der Waals surface area contributed by atoms with Gasteiger partial charge in [0, 0.05) is 28.9 Å². The van der Waals surface area contributed by atoms with Gasteiger partial charge in [0.05, 0.1) is 0 Å². The second-order valence-corrected chi connectivity index (χ2v) is 5.98. The number of halogens is 2. The van der Waals surface area contributed by atoms with Gasteiger partial charge in [0.25, 0.3) is 0 Å². The van der Waals surface area contributed by atoms with Crippen molar-refractivity contribution in [3.8, 4) is 5.75 Å². The molecule has 2 atom stereocenters. The Morgan fingerprint density at radius 3 is 2.44 bits per heavy atom. The fourth-order valence-electron chi connectivity index (χ4n) is 1.42. The molecular weight excluding hydrogens is 260 g/mol. The molecule has 0 aliphatic carbocycles. The van der Waals surface area contributed by atoms with Gasteiger partial charge in [0.15, 0.2) is 17.4 Å². The predicted molar refractivity (Wildman–Crippen MR) is 67.9 cm³/mol. The summed E-state index contributed by atoms with van der Waals surface area (Å²) in [6.45, 7) is 2.81. The topological polar surface area (TPSA) is 49.3 Å². The van der Waals surface area contributed by atoms with E-state index in [4.69, 9.17) is 5.11 Å². The Kier molecular flexibility index (Phi) is 5.68.